The monoisotopic (exact) mass is 451 g/mol. The summed E-state index contributed by atoms with van der Waals surface area (Å²) in [5.74, 6) is 2.77. The molecule has 4 rings (SSSR count). The third kappa shape index (κ3) is 5.23. The first-order chi connectivity index (χ1) is 15.9. The highest BCUT2D eigenvalue weighted by atomic mass is 16.5. The van der Waals surface area contributed by atoms with E-state index in [1.165, 1.54) is 0 Å². The van der Waals surface area contributed by atoms with Crippen molar-refractivity contribution in [3.8, 4) is 34.3 Å². The van der Waals surface area contributed by atoms with E-state index in [0.717, 1.165) is 58.5 Å². The molecule has 2 heterocycles. The predicted molar refractivity (Wildman–Crippen MR) is 128 cm³/mol. The predicted octanol–water partition coefficient (Wildman–Crippen LogP) is 5.42. The number of aromatic hydroxyl groups is 1. The molecule has 1 aromatic heterocycles. The molecule has 2 aromatic carbocycles. The number of ether oxygens (including phenoxy) is 3. The second-order valence-electron chi connectivity index (χ2n) is 8.22. The van der Waals surface area contributed by atoms with E-state index in [1.54, 1.807) is 27.4 Å². The number of rotatable bonds is 6. The van der Waals surface area contributed by atoms with Gasteiger partial charge in [-0.25, -0.2) is 0 Å². The zero-order chi connectivity index (χ0) is 24.0. The van der Waals surface area contributed by atoms with Gasteiger partial charge in [-0.05, 0) is 53.1 Å². The second-order valence-corrected chi connectivity index (χ2v) is 8.22. The Labute approximate surface area is 194 Å². The number of methoxy groups -OCH3 is 3. The summed E-state index contributed by atoms with van der Waals surface area (Å²) in [6, 6.07) is 9.80. The average Bonchev–Trinajstić information content (AvgIpc) is 2.81. The first-order valence-electron chi connectivity index (χ1n) is 10.9. The highest BCUT2D eigenvalue weighted by Crippen LogP contribution is 2.39. The third-order valence-corrected chi connectivity index (χ3v) is 5.68. The summed E-state index contributed by atoms with van der Waals surface area (Å²) in [7, 11) is 4.87. The number of hydrogen-bond donors (Lipinski definition) is 1. The Balaban J connectivity index is 0.000000331. The molecule has 0 amide bonds. The van der Waals surface area contributed by atoms with Crippen LogP contribution in [0.5, 0.6) is 23.0 Å². The number of aryl methyl sites for hydroxylation is 2. The normalized spacial score (nSPS) is 11.6. The fraction of sp³-hybridized carbons (Fsp3) is 0.400. The van der Waals surface area contributed by atoms with Crippen molar-refractivity contribution in [1.82, 2.24) is 0 Å². The molecule has 0 unspecified atom stereocenters. The van der Waals surface area contributed by atoms with E-state index in [4.69, 9.17) is 19.7 Å². The summed E-state index contributed by atoms with van der Waals surface area (Å²) in [6.07, 6.45) is 3.95. The van der Waals surface area contributed by atoms with E-state index >= 15 is 0 Å². The number of nitrogens with zero attached hydrogens (tertiary/aromatic N) is 4. The van der Waals surface area contributed by atoms with Gasteiger partial charge in [-0.3, -0.25) is 0 Å². The van der Waals surface area contributed by atoms with Gasteiger partial charge < -0.3 is 19.3 Å². The van der Waals surface area contributed by atoms with E-state index in [2.05, 4.69) is 40.7 Å². The third-order valence-electron chi connectivity index (χ3n) is 5.68. The molecular weight excluding hydrogens is 420 g/mol. The van der Waals surface area contributed by atoms with Gasteiger partial charge in [-0.15, -0.1) is 0 Å². The average molecular weight is 452 g/mol. The number of phenolic OH excluding ortho intramolecular Hbond substituents is 1. The molecule has 3 aromatic rings. The molecule has 1 aliphatic rings. The van der Waals surface area contributed by atoms with Crippen LogP contribution >= 0.6 is 0 Å². The van der Waals surface area contributed by atoms with E-state index in [1.807, 2.05) is 18.2 Å². The lowest BCUT2D eigenvalue weighted by molar-refractivity contribution is -0.686. The Bertz CT molecular complexity index is 1190. The molecule has 8 heteroatoms. The maximum Gasteiger partial charge on any atom is 0.213 e. The number of benzene rings is 2. The number of aromatic nitrogens is 1. The summed E-state index contributed by atoms with van der Waals surface area (Å²) < 4.78 is 18.5. The standard InChI is InChI=1S/C20H19NO4.C5H11N3/c1-23-18-5-4-12-8-16-14-10-19(24-2)17(22)9-13(14)6-7-21(16)11-15(12)20(18)25-3;1-5(2)3-4-7-8-6/h4-5,8-11H,6-7H2,1-3H3;5H,3-4H2,1-2H3/p+1. The molecule has 0 spiro atoms. The van der Waals surface area contributed by atoms with E-state index < -0.39 is 0 Å². The molecule has 0 aliphatic carbocycles. The Kier molecular flexibility index (Phi) is 7.85. The van der Waals surface area contributed by atoms with Crippen LogP contribution in [-0.2, 0) is 13.0 Å². The lowest BCUT2D eigenvalue weighted by Crippen LogP contribution is -2.40. The Morgan fingerprint density at radius 1 is 1.09 bits per heavy atom. The van der Waals surface area contributed by atoms with Gasteiger partial charge >= 0.3 is 0 Å². The van der Waals surface area contributed by atoms with Crippen molar-refractivity contribution in [2.24, 2.45) is 11.0 Å². The summed E-state index contributed by atoms with van der Waals surface area (Å²) in [4.78, 5) is 2.63. The van der Waals surface area contributed by atoms with Crippen LogP contribution in [-0.4, -0.2) is 33.0 Å². The number of pyridine rings is 1. The van der Waals surface area contributed by atoms with E-state index in [-0.39, 0.29) is 5.75 Å². The fourth-order valence-corrected chi connectivity index (χ4v) is 3.92. The Morgan fingerprint density at radius 2 is 1.85 bits per heavy atom. The largest absolute Gasteiger partial charge is 0.504 e. The van der Waals surface area contributed by atoms with Gasteiger partial charge in [0.25, 0.3) is 0 Å². The quantitative estimate of drug-likeness (QED) is 0.234. The first-order valence-corrected chi connectivity index (χ1v) is 10.9. The van der Waals surface area contributed by atoms with Crippen LogP contribution in [0.25, 0.3) is 32.5 Å². The number of hydrogen-bond acceptors (Lipinski definition) is 5. The zero-order valence-corrected chi connectivity index (χ0v) is 19.8. The van der Waals surface area contributed by atoms with Gasteiger partial charge in [0, 0.05) is 23.9 Å². The van der Waals surface area contributed by atoms with Gasteiger partial charge in [0.2, 0.25) is 5.69 Å². The maximum absolute atomic E-state index is 10.1. The number of fused-ring (bicyclic) bond motifs is 4. The molecular formula is C25H31N4O4+. The molecule has 0 bridgehead atoms. The topological polar surface area (TPSA) is 101 Å². The highest BCUT2D eigenvalue weighted by Gasteiger charge is 2.26. The fourth-order valence-electron chi connectivity index (χ4n) is 3.92. The molecule has 33 heavy (non-hydrogen) atoms. The minimum absolute atomic E-state index is 0.182. The van der Waals surface area contributed by atoms with Gasteiger partial charge in [-0.1, -0.05) is 19.0 Å². The lowest BCUT2D eigenvalue weighted by atomic mass is 9.95. The van der Waals surface area contributed by atoms with Gasteiger partial charge in [-0.2, -0.15) is 4.57 Å². The molecule has 0 fully saturated rings. The lowest BCUT2D eigenvalue weighted by Gasteiger charge is -2.18. The first kappa shape index (κ1) is 24.0. The van der Waals surface area contributed by atoms with Crippen molar-refractivity contribution in [2.45, 2.75) is 33.2 Å². The van der Waals surface area contributed by atoms with Crippen LogP contribution in [0, 0.1) is 5.92 Å². The minimum atomic E-state index is 0.182. The summed E-state index contributed by atoms with van der Waals surface area (Å²) in [5.41, 5.74) is 11.1. The van der Waals surface area contributed by atoms with E-state index in [9.17, 15) is 5.11 Å². The maximum atomic E-state index is 10.1. The van der Waals surface area contributed by atoms with Crippen LogP contribution in [0.4, 0.5) is 0 Å². The van der Waals surface area contributed by atoms with Gasteiger partial charge in [0.05, 0.1) is 32.3 Å². The van der Waals surface area contributed by atoms with Crippen LogP contribution < -0.4 is 18.8 Å². The smallest absolute Gasteiger partial charge is 0.213 e. The summed E-state index contributed by atoms with van der Waals surface area (Å²) >= 11 is 0. The van der Waals surface area contributed by atoms with Crippen molar-refractivity contribution >= 4 is 10.8 Å². The summed E-state index contributed by atoms with van der Waals surface area (Å²) in [5, 5.41) is 15.5. The molecule has 0 radical (unpaired) electrons. The van der Waals surface area contributed by atoms with Crippen LogP contribution in [0.1, 0.15) is 25.8 Å². The van der Waals surface area contributed by atoms with Gasteiger partial charge in [0.1, 0.15) is 0 Å². The Morgan fingerprint density at radius 3 is 2.48 bits per heavy atom. The van der Waals surface area contributed by atoms with Crippen LogP contribution in [0.2, 0.25) is 0 Å². The van der Waals surface area contributed by atoms with Crippen molar-refractivity contribution in [3.05, 3.63) is 52.5 Å². The molecule has 8 nitrogen and oxygen atoms in total. The SMILES string of the molecule is CC(C)CCN=[N+]=[N-].COc1cc2c(cc1O)CC[n+]1cc3c(OC)c(OC)ccc3cc1-2. The van der Waals surface area contributed by atoms with Crippen molar-refractivity contribution in [2.75, 3.05) is 27.9 Å². The van der Waals surface area contributed by atoms with Crippen molar-refractivity contribution in [1.29, 1.82) is 0 Å². The van der Waals surface area contributed by atoms with Crippen molar-refractivity contribution < 1.29 is 23.9 Å². The van der Waals surface area contributed by atoms with Gasteiger partial charge in [0.15, 0.2) is 35.7 Å². The molecule has 1 N–H and O–H groups in total. The molecule has 0 saturated heterocycles. The number of phenols is 1. The molecule has 1 aliphatic heterocycles. The van der Waals surface area contributed by atoms with Crippen LogP contribution in [0.3, 0.4) is 0 Å². The number of azide groups is 1. The second kappa shape index (κ2) is 10.8. The Hall–Kier alpha value is -3.64. The van der Waals surface area contributed by atoms with Crippen molar-refractivity contribution in [3.63, 3.8) is 0 Å². The minimum Gasteiger partial charge on any atom is -0.504 e. The van der Waals surface area contributed by atoms with Crippen LogP contribution in [0.15, 0.2) is 41.6 Å². The zero-order valence-electron chi connectivity index (χ0n) is 19.8. The van der Waals surface area contributed by atoms with E-state index in [0.29, 0.717) is 18.2 Å². The summed E-state index contributed by atoms with van der Waals surface area (Å²) in [6.45, 7) is 5.68. The molecule has 174 valence electrons. The molecule has 0 saturated carbocycles. The highest BCUT2D eigenvalue weighted by molar-refractivity contribution is 5.91. The molecule has 0 atom stereocenters.